The van der Waals surface area contributed by atoms with Crippen LogP contribution in [0, 0.1) is 5.92 Å². The molecule has 1 aromatic heterocycles. The van der Waals surface area contributed by atoms with Crippen LogP contribution in [0.1, 0.15) is 37.8 Å². The molecule has 6 heteroatoms. The first-order chi connectivity index (χ1) is 9.72. The summed E-state index contributed by atoms with van der Waals surface area (Å²) in [4.78, 5) is 18.3. The third-order valence-corrected chi connectivity index (χ3v) is 3.86. The molecule has 2 heterocycles. The van der Waals surface area contributed by atoms with Crippen LogP contribution in [0.15, 0.2) is 0 Å². The van der Waals surface area contributed by atoms with E-state index in [2.05, 4.69) is 22.1 Å². The first-order valence-electron chi connectivity index (χ1n) is 7.39. The molecule has 1 N–H and O–H groups in total. The summed E-state index contributed by atoms with van der Waals surface area (Å²) < 4.78 is 4.95. The molecule has 20 heavy (non-hydrogen) atoms. The van der Waals surface area contributed by atoms with Gasteiger partial charge in [-0.1, -0.05) is 6.92 Å². The zero-order chi connectivity index (χ0) is 14.4. The molecule has 112 valence electrons. The summed E-state index contributed by atoms with van der Waals surface area (Å²) in [7, 11) is 1.63. The van der Waals surface area contributed by atoms with E-state index in [9.17, 15) is 4.79 Å². The van der Waals surface area contributed by atoms with Gasteiger partial charge in [-0.05, 0) is 18.8 Å². The van der Waals surface area contributed by atoms with E-state index in [4.69, 9.17) is 4.74 Å². The smallest absolute Gasteiger partial charge is 0.224 e. The summed E-state index contributed by atoms with van der Waals surface area (Å²) in [5.41, 5.74) is 0. The van der Waals surface area contributed by atoms with E-state index in [1.807, 2.05) is 4.90 Å². The third kappa shape index (κ3) is 4.03. The molecular weight excluding hydrogens is 256 g/mol. The summed E-state index contributed by atoms with van der Waals surface area (Å²) >= 11 is 0. The van der Waals surface area contributed by atoms with Gasteiger partial charge in [-0.25, -0.2) is 4.98 Å². The maximum absolute atomic E-state index is 11.9. The van der Waals surface area contributed by atoms with Crippen LogP contribution in [0.4, 0.5) is 0 Å². The average molecular weight is 280 g/mol. The number of amides is 1. The summed E-state index contributed by atoms with van der Waals surface area (Å²) in [5, 5.41) is 7.17. The number of aromatic nitrogens is 3. The van der Waals surface area contributed by atoms with Crippen molar-refractivity contribution in [3.8, 4) is 0 Å². The molecule has 0 aliphatic carbocycles. The Balaban J connectivity index is 1.75. The highest BCUT2D eigenvalue weighted by Crippen LogP contribution is 2.20. The van der Waals surface area contributed by atoms with E-state index >= 15 is 0 Å². The second-order valence-corrected chi connectivity index (χ2v) is 5.32. The molecule has 2 rings (SSSR count). The highest BCUT2D eigenvalue weighted by molar-refractivity contribution is 5.76. The van der Waals surface area contributed by atoms with Crippen molar-refractivity contribution in [2.45, 2.75) is 39.0 Å². The van der Waals surface area contributed by atoms with Crippen LogP contribution in [-0.4, -0.2) is 52.8 Å². The van der Waals surface area contributed by atoms with Crippen molar-refractivity contribution in [1.29, 1.82) is 0 Å². The molecule has 1 amide bonds. The van der Waals surface area contributed by atoms with Crippen molar-refractivity contribution in [3.05, 3.63) is 11.6 Å². The van der Waals surface area contributed by atoms with Gasteiger partial charge < -0.3 is 9.64 Å². The number of aryl methyl sites for hydroxylation is 1. The molecule has 1 aliphatic rings. The van der Waals surface area contributed by atoms with E-state index in [1.165, 1.54) is 0 Å². The molecule has 1 saturated heterocycles. The number of carbonyl (C=O) groups excluding carboxylic acids is 1. The molecule has 1 aliphatic heterocycles. The summed E-state index contributed by atoms with van der Waals surface area (Å²) in [6.45, 7) is 4.26. The molecule has 6 nitrogen and oxygen atoms in total. The molecule has 0 saturated carbocycles. The lowest BCUT2D eigenvalue weighted by Crippen LogP contribution is -2.39. The summed E-state index contributed by atoms with van der Waals surface area (Å²) in [6.07, 6.45) is 4.38. The number of hydrogen-bond donors (Lipinski definition) is 1. The predicted octanol–water partition coefficient (Wildman–Crippen LogP) is 1.18. The van der Waals surface area contributed by atoms with Gasteiger partial charge in [-0.15, -0.1) is 0 Å². The summed E-state index contributed by atoms with van der Waals surface area (Å²) in [5.74, 6) is 2.66. The monoisotopic (exact) mass is 280 g/mol. The minimum absolute atomic E-state index is 0.207. The van der Waals surface area contributed by atoms with Crippen molar-refractivity contribution in [2.75, 3.05) is 26.8 Å². The van der Waals surface area contributed by atoms with Crippen molar-refractivity contribution in [3.63, 3.8) is 0 Å². The highest BCUT2D eigenvalue weighted by Gasteiger charge is 2.23. The van der Waals surface area contributed by atoms with Gasteiger partial charge in [0.2, 0.25) is 5.91 Å². The number of aromatic amines is 1. The normalized spacial score (nSPS) is 16.6. The van der Waals surface area contributed by atoms with Gasteiger partial charge in [0.05, 0.1) is 13.0 Å². The van der Waals surface area contributed by atoms with E-state index in [-0.39, 0.29) is 5.91 Å². The Morgan fingerprint density at radius 2 is 2.20 bits per heavy atom. The van der Waals surface area contributed by atoms with Crippen LogP contribution in [0.3, 0.4) is 0 Å². The lowest BCUT2D eigenvalue weighted by Gasteiger charge is -2.31. The van der Waals surface area contributed by atoms with Gasteiger partial charge in [0.1, 0.15) is 11.6 Å². The van der Waals surface area contributed by atoms with Crippen LogP contribution in [0.5, 0.6) is 0 Å². The largest absolute Gasteiger partial charge is 0.384 e. The fourth-order valence-electron chi connectivity index (χ4n) is 2.59. The Kier molecular flexibility index (Phi) is 5.52. The molecule has 0 bridgehead atoms. The fourth-order valence-corrected chi connectivity index (χ4v) is 2.59. The number of nitrogens with zero attached hydrogens (tertiary/aromatic N) is 3. The second-order valence-electron chi connectivity index (χ2n) is 5.32. The van der Waals surface area contributed by atoms with Gasteiger partial charge in [-0.2, -0.15) is 5.10 Å². The van der Waals surface area contributed by atoms with Gasteiger partial charge >= 0.3 is 0 Å². The van der Waals surface area contributed by atoms with E-state index in [0.717, 1.165) is 50.4 Å². The summed E-state index contributed by atoms with van der Waals surface area (Å²) in [6, 6.07) is 0. The first kappa shape index (κ1) is 15.0. The Hall–Kier alpha value is -1.43. The first-order valence-corrected chi connectivity index (χ1v) is 7.39. The number of piperidine rings is 1. The number of hydrogen-bond acceptors (Lipinski definition) is 4. The van der Waals surface area contributed by atoms with Crippen molar-refractivity contribution < 1.29 is 9.53 Å². The Morgan fingerprint density at radius 1 is 1.45 bits per heavy atom. The number of rotatable bonds is 6. The maximum Gasteiger partial charge on any atom is 0.224 e. The molecule has 0 radical (unpaired) electrons. The predicted molar refractivity (Wildman–Crippen MR) is 75.3 cm³/mol. The molecule has 0 unspecified atom stereocenters. The zero-order valence-electron chi connectivity index (χ0n) is 12.4. The fraction of sp³-hybridized carbons (Fsp3) is 0.786. The number of carbonyl (C=O) groups is 1. The van der Waals surface area contributed by atoms with E-state index < -0.39 is 0 Å². The lowest BCUT2D eigenvalue weighted by molar-refractivity contribution is -0.133. The van der Waals surface area contributed by atoms with Crippen molar-refractivity contribution in [2.24, 2.45) is 5.92 Å². The number of nitrogens with one attached hydrogen (secondary N) is 1. The van der Waals surface area contributed by atoms with Crippen LogP contribution in [-0.2, 0) is 22.4 Å². The quantitative estimate of drug-likeness (QED) is 0.849. The number of likely N-dealkylation sites (tertiary alicyclic amines) is 1. The van der Waals surface area contributed by atoms with Gasteiger partial charge in [0.25, 0.3) is 0 Å². The van der Waals surface area contributed by atoms with Gasteiger partial charge in [-0.3, -0.25) is 9.89 Å². The molecule has 0 aromatic carbocycles. The molecule has 0 spiro atoms. The molecule has 1 aromatic rings. The van der Waals surface area contributed by atoms with Crippen LogP contribution >= 0.6 is 0 Å². The number of ether oxygens (including phenoxy) is 1. The van der Waals surface area contributed by atoms with Gasteiger partial charge in [0, 0.05) is 33.0 Å². The van der Waals surface area contributed by atoms with Crippen LogP contribution < -0.4 is 0 Å². The Labute approximate surface area is 119 Å². The van der Waals surface area contributed by atoms with Crippen molar-refractivity contribution in [1.82, 2.24) is 20.1 Å². The Morgan fingerprint density at radius 3 is 2.80 bits per heavy atom. The highest BCUT2D eigenvalue weighted by atomic mass is 16.5. The topological polar surface area (TPSA) is 71.1 Å². The number of methoxy groups -OCH3 is 1. The Bertz CT molecular complexity index is 425. The molecule has 0 atom stereocenters. The van der Waals surface area contributed by atoms with E-state index in [0.29, 0.717) is 18.9 Å². The van der Waals surface area contributed by atoms with Gasteiger partial charge in [0.15, 0.2) is 0 Å². The minimum atomic E-state index is 0.207. The zero-order valence-corrected chi connectivity index (χ0v) is 12.4. The average Bonchev–Trinajstić information content (AvgIpc) is 2.93. The van der Waals surface area contributed by atoms with Crippen LogP contribution in [0.25, 0.3) is 0 Å². The SMILES string of the molecule is CCc1n[nH]c(CC2CCN(C(=O)CCOC)CC2)n1. The number of H-pyrrole nitrogens is 1. The maximum atomic E-state index is 11.9. The second kappa shape index (κ2) is 7.38. The standard InChI is InChI=1S/C14H24N4O2/c1-3-12-15-13(17-16-12)10-11-4-7-18(8-5-11)14(19)6-9-20-2/h11H,3-10H2,1-2H3,(H,15,16,17). The van der Waals surface area contributed by atoms with Crippen molar-refractivity contribution >= 4 is 5.91 Å². The third-order valence-electron chi connectivity index (χ3n) is 3.86. The molecular formula is C14H24N4O2. The molecule has 1 fully saturated rings. The van der Waals surface area contributed by atoms with Crippen LogP contribution in [0.2, 0.25) is 0 Å². The minimum Gasteiger partial charge on any atom is -0.384 e. The van der Waals surface area contributed by atoms with E-state index in [1.54, 1.807) is 7.11 Å². The lowest BCUT2D eigenvalue weighted by atomic mass is 9.93.